The number of rotatable bonds is 10. The molecule has 0 N–H and O–H groups in total. The van der Waals surface area contributed by atoms with Gasteiger partial charge in [0.1, 0.15) is 0 Å². The molecule has 0 spiro atoms. The van der Waals surface area contributed by atoms with Gasteiger partial charge in [-0.3, -0.25) is 14.4 Å². The van der Waals surface area contributed by atoms with E-state index in [-0.39, 0.29) is 29.7 Å². The molecule has 1 aromatic carbocycles. The smallest absolute Gasteiger partial charge is 0.308 e. The predicted octanol–water partition coefficient (Wildman–Crippen LogP) is 5.17. The number of methoxy groups -OCH3 is 2. The molecule has 0 saturated heterocycles. The van der Waals surface area contributed by atoms with Crippen molar-refractivity contribution in [2.24, 2.45) is 0 Å². The lowest BCUT2D eigenvalue weighted by Gasteiger charge is -2.44. The lowest BCUT2D eigenvalue weighted by Crippen LogP contribution is -2.50. The van der Waals surface area contributed by atoms with Crippen molar-refractivity contribution < 1.29 is 23.9 Å². The van der Waals surface area contributed by atoms with E-state index in [0.29, 0.717) is 18.4 Å². The van der Waals surface area contributed by atoms with Crippen LogP contribution < -0.4 is 0 Å². The summed E-state index contributed by atoms with van der Waals surface area (Å²) < 4.78 is 10.4. The molecule has 0 bridgehead atoms. The Morgan fingerprint density at radius 2 is 1.48 bits per heavy atom. The van der Waals surface area contributed by atoms with Crippen LogP contribution in [0.15, 0.2) is 30.3 Å². The molecule has 2 unspecified atom stereocenters. The zero-order valence-corrected chi connectivity index (χ0v) is 21.1. The van der Waals surface area contributed by atoms with E-state index in [4.69, 9.17) is 9.47 Å². The molecule has 1 rings (SSSR count). The quantitative estimate of drug-likeness (QED) is 0.287. The summed E-state index contributed by atoms with van der Waals surface area (Å²) in [6, 6.07) is 9.11. The van der Waals surface area contributed by atoms with Crippen molar-refractivity contribution >= 4 is 33.9 Å². The molecular formula is C22H36O5Si2. The van der Waals surface area contributed by atoms with Crippen LogP contribution in [0.1, 0.15) is 29.6 Å². The second-order valence-electron chi connectivity index (χ2n) is 9.76. The van der Waals surface area contributed by atoms with Gasteiger partial charge in [-0.1, -0.05) is 69.6 Å². The van der Waals surface area contributed by atoms with Crippen molar-refractivity contribution in [3.05, 3.63) is 35.9 Å². The first-order valence-electron chi connectivity index (χ1n) is 10.0. The number of hydrogen-bond acceptors (Lipinski definition) is 5. The zero-order valence-electron chi connectivity index (χ0n) is 19.1. The van der Waals surface area contributed by atoms with E-state index in [1.165, 1.54) is 14.2 Å². The van der Waals surface area contributed by atoms with E-state index >= 15 is 0 Å². The van der Waals surface area contributed by atoms with Gasteiger partial charge in [0.05, 0.1) is 40.9 Å². The molecule has 0 heterocycles. The van der Waals surface area contributed by atoms with Crippen LogP contribution in [0, 0.1) is 0 Å². The number of esters is 2. The minimum atomic E-state index is -2.20. The summed E-state index contributed by atoms with van der Waals surface area (Å²) in [4.78, 5) is 38.6. The molecule has 29 heavy (non-hydrogen) atoms. The summed E-state index contributed by atoms with van der Waals surface area (Å²) in [6.45, 7) is 12.6. The molecule has 0 aliphatic carbocycles. The highest BCUT2D eigenvalue weighted by molar-refractivity contribution is 6.83. The van der Waals surface area contributed by atoms with E-state index in [2.05, 4.69) is 39.3 Å². The van der Waals surface area contributed by atoms with Crippen LogP contribution in [0.2, 0.25) is 49.9 Å². The zero-order chi connectivity index (χ0) is 22.5. The fraction of sp³-hybridized carbons (Fsp3) is 0.591. The van der Waals surface area contributed by atoms with Crippen molar-refractivity contribution in [3.8, 4) is 0 Å². The molecule has 0 aliphatic heterocycles. The first kappa shape index (κ1) is 25.3. The second-order valence-corrected chi connectivity index (χ2v) is 20.6. The molecule has 0 aromatic heterocycles. The van der Waals surface area contributed by atoms with Gasteiger partial charge in [-0.2, -0.15) is 0 Å². The van der Waals surface area contributed by atoms with E-state index in [1.807, 2.05) is 18.2 Å². The number of benzene rings is 1. The van der Waals surface area contributed by atoms with Crippen LogP contribution in [0.5, 0.6) is 0 Å². The van der Waals surface area contributed by atoms with Crippen LogP contribution in [0.25, 0.3) is 0 Å². The number of carbonyl (C=O) groups is 3. The molecule has 0 amide bonds. The third kappa shape index (κ3) is 6.12. The maximum Gasteiger partial charge on any atom is 0.308 e. The van der Waals surface area contributed by atoms with Crippen LogP contribution in [-0.4, -0.2) is 48.1 Å². The van der Waals surface area contributed by atoms with Crippen molar-refractivity contribution in [2.75, 3.05) is 14.2 Å². The third-order valence-electron chi connectivity index (χ3n) is 5.97. The Balaban J connectivity index is 3.35. The van der Waals surface area contributed by atoms with E-state index in [0.717, 1.165) is 0 Å². The Kier molecular flexibility index (Phi) is 8.59. The minimum absolute atomic E-state index is 0.000232. The summed E-state index contributed by atoms with van der Waals surface area (Å²) in [5, 5.41) is -0.842. The maximum atomic E-state index is 13.2. The largest absolute Gasteiger partial charge is 0.469 e. The van der Waals surface area contributed by atoms with Gasteiger partial charge in [0.2, 0.25) is 0 Å². The molecule has 0 saturated carbocycles. The highest BCUT2D eigenvalue weighted by Crippen LogP contribution is 2.52. The normalized spacial score (nSPS) is 15.2. The fourth-order valence-corrected chi connectivity index (χ4v) is 8.20. The van der Waals surface area contributed by atoms with E-state index in [1.54, 1.807) is 12.1 Å². The Hall–Kier alpha value is -1.74. The lowest BCUT2D eigenvalue weighted by atomic mass is 9.93. The number of ether oxygens (including phenoxy) is 2. The van der Waals surface area contributed by atoms with Crippen LogP contribution in [-0.2, 0) is 19.1 Å². The fourth-order valence-electron chi connectivity index (χ4n) is 3.80. The molecule has 162 valence electrons. The Morgan fingerprint density at radius 1 is 0.931 bits per heavy atom. The van der Waals surface area contributed by atoms with E-state index < -0.39 is 21.2 Å². The number of carbonyl (C=O) groups excluding carboxylic acids is 3. The minimum Gasteiger partial charge on any atom is -0.469 e. The van der Waals surface area contributed by atoms with Crippen LogP contribution >= 0.6 is 0 Å². The van der Waals surface area contributed by atoms with Gasteiger partial charge in [-0.05, 0) is 12.8 Å². The van der Waals surface area contributed by atoms with Gasteiger partial charge >= 0.3 is 11.9 Å². The van der Waals surface area contributed by atoms with Crippen molar-refractivity contribution in [2.45, 2.75) is 69.1 Å². The summed E-state index contributed by atoms with van der Waals surface area (Å²) >= 11 is 0. The molecule has 5 nitrogen and oxygen atoms in total. The Bertz CT molecular complexity index is 719. The molecule has 1 aromatic rings. The predicted molar refractivity (Wildman–Crippen MR) is 122 cm³/mol. The summed E-state index contributed by atoms with van der Waals surface area (Å²) in [5.41, 5.74) is 0.293. The molecule has 2 atom stereocenters. The molecular weight excluding hydrogens is 400 g/mol. The highest BCUT2D eigenvalue weighted by Gasteiger charge is 2.54. The molecule has 0 radical (unpaired) electrons. The standard InChI is InChI=1S/C22H36O5Si2/c1-26-20(24)19(28(3,4)5)16-22(21(25)27-2,29(6,7)8)15-14-18(23)17-12-10-9-11-13-17/h9-13,19H,14-16H2,1-8H3. The lowest BCUT2D eigenvalue weighted by molar-refractivity contribution is -0.146. The summed E-state index contributed by atoms with van der Waals surface area (Å²) in [6.07, 6.45) is 0.990. The van der Waals surface area contributed by atoms with Crippen molar-refractivity contribution in [3.63, 3.8) is 0 Å². The third-order valence-corrected chi connectivity index (χ3v) is 12.0. The highest BCUT2D eigenvalue weighted by atomic mass is 28.3. The first-order valence-corrected chi connectivity index (χ1v) is 17.1. The van der Waals surface area contributed by atoms with Gasteiger partial charge < -0.3 is 9.47 Å². The number of hydrogen-bond donors (Lipinski definition) is 0. The Labute approximate surface area is 177 Å². The second kappa shape index (κ2) is 9.84. The van der Waals surface area contributed by atoms with Gasteiger partial charge in [0.25, 0.3) is 0 Å². The molecule has 0 aliphatic rings. The van der Waals surface area contributed by atoms with Crippen molar-refractivity contribution in [1.29, 1.82) is 0 Å². The van der Waals surface area contributed by atoms with E-state index in [9.17, 15) is 14.4 Å². The van der Waals surface area contributed by atoms with Gasteiger partial charge in [0, 0.05) is 12.0 Å². The van der Waals surface area contributed by atoms with Gasteiger partial charge in [0.15, 0.2) is 5.78 Å². The Morgan fingerprint density at radius 3 is 1.90 bits per heavy atom. The topological polar surface area (TPSA) is 69.7 Å². The van der Waals surface area contributed by atoms with Crippen LogP contribution in [0.3, 0.4) is 0 Å². The maximum absolute atomic E-state index is 13.2. The van der Waals surface area contributed by atoms with Crippen molar-refractivity contribution in [1.82, 2.24) is 0 Å². The van der Waals surface area contributed by atoms with Gasteiger partial charge in [-0.25, -0.2) is 0 Å². The SMILES string of the molecule is COC(=O)C(CC(CCC(=O)c1ccccc1)(C(=O)OC)[Si](C)(C)C)[Si](C)(C)C. The van der Waals surface area contributed by atoms with Crippen LogP contribution in [0.4, 0.5) is 0 Å². The molecule has 7 heteroatoms. The average molecular weight is 437 g/mol. The summed E-state index contributed by atoms with van der Waals surface area (Å²) in [5.74, 6) is -0.588. The average Bonchev–Trinajstić information content (AvgIpc) is 2.65. The molecule has 0 fully saturated rings. The monoisotopic (exact) mass is 436 g/mol. The number of ketones is 1. The van der Waals surface area contributed by atoms with Gasteiger partial charge in [-0.15, -0.1) is 0 Å². The summed E-state index contributed by atoms with van der Waals surface area (Å²) in [7, 11) is -1.41. The first-order chi connectivity index (χ1) is 13.3. The number of Topliss-reactive ketones (excluding diaryl/α,β-unsaturated/α-hetero) is 1.